The van der Waals surface area contributed by atoms with E-state index >= 15 is 0 Å². The molecule has 2 aromatic carbocycles. The maximum absolute atomic E-state index is 13.0. The lowest BCUT2D eigenvalue weighted by Gasteiger charge is -2.30. The van der Waals surface area contributed by atoms with Gasteiger partial charge in [0.25, 0.3) is 0 Å². The normalized spacial score (nSPS) is 15.5. The summed E-state index contributed by atoms with van der Waals surface area (Å²) >= 11 is 0. The topological polar surface area (TPSA) is 92.5 Å². The minimum absolute atomic E-state index is 0.00531. The fourth-order valence-corrected chi connectivity index (χ4v) is 6.47. The van der Waals surface area contributed by atoms with Gasteiger partial charge in [-0.3, -0.25) is 4.79 Å². The maximum Gasteiger partial charge on any atom is 0.248 e. The van der Waals surface area contributed by atoms with Gasteiger partial charge in [0.05, 0.1) is 0 Å². The first-order valence-corrected chi connectivity index (χ1v) is 13.1. The number of nitrogens with one attached hydrogen (secondary N) is 1. The number of rotatable bonds is 8. The van der Waals surface area contributed by atoms with Crippen LogP contribution in [0.25, 0.3) is 0 Å². The zero-order valence-corrected chi connectivity index (χ0v) is 20.4. The monoisotopic (exact) mass is 481 g/mol. The molecule has 0 bridgehead atoms. The largest absolute Gasteiger partial charge is 0.360 e. The lowest BCUT2D eigenvalue weighted by atomic mass is 9.88. The van der Waals surface area contributed by atoms with Crippen LogP contribution in [0.3, 0.4) is 0 Å². The molecule has 34 heavy (non-hydrogen) atoms. The number of amides is 1. The van der Waals surface area contributed by atoms with Gasteiger partial charge < -0.3 is 9.84 Å². The van der Waals surface area contributed by atoms with Gasteiger partial charge in [0, 0.05) is 31.5 Å². The van der Waals surface area contributed by atoms with E-state index in [1.807, 2.05) is 36.4 Å². The molecule has 0 aliphatic carbocycles. The van der Waals surface area contributed by atoms with E-state index in [4.69, 9.17) is 4.52 Å². The Balaban J connectivity index is 1.33. The van der Waals surface area contributed by atoms with Gasteiger partial charge >= 0.3 is 0 Å². The highest BCUT2D eigenvalue weighted by molar-refractivity contribution is 7.89. The van der Waals surface area contributed by atoms with E-state index in [1.165, 1.54) is 15.4 Å². The Labute approximate surface area is 201 Å². The molecule has 1 amide bonds. The number of nitrogens with zero attached hydrogens (tertiary/aromatic N) is 2. The van der Waals surface area contributed by atoms with Crippen molar-refractivity contribution in [2.75, 3.05) is 19.6 Å². The number of carbonyl (C=O) groups excluding carboxylic acids is 1. The summed E-state index contributed by atoms with van der Waals surface area (Å²) in [6.07, 6.45) is 1.78. The van der Waals surface area contributed by atoms with Crippen molar-refractivity contribution in [3.63, 3.8) is 0 Å². The third kappa shape index (κ3) is 5.23. The molecule has 1 aromatic heterocycles. The predicted molar refractivity (Wildman–Crippen MR) is 130 cm³/mol. The highest BCUT2D eigenvalue weighted by Gasteiger charge is 2.35. The van der Waals surface area contributed by atoms with Crippen molar-refractivity contribution in [3.05, 3.63) is 83.2 Å². The SMILES string of the molecule is Cc1noc(C)c1S(=O)(=O)N1CCC(C(=O)NCCC(c2ccccc2)c2ccccc2)CC1. The summed E-state index contributed by atoms with van der Waals surface area (Å²) in [5.41, 5.74) is 2.81. The molecule has 0 spiro atoms. The highest BCUT2D eigenvalue weighted by atomic mass is 32.2. The number of sulfonamides is 1. The number of hydrogen-bond donors (Lipinski definition) is 1. The van der Waals surface area contributed by atoms with Crippen LogP contribution >= 0.6 is 0 Å². The summed E-state index contributed by atoms with van der Waals surface area (Å²) in [6.45, 7) is 4.40. The molecule has 0 radical (unpaired) electrons. The van der Waals surface area contributed by atoms with Crippen molar-refractivity contribution in [1.29, 1.82) is 0 Å². The van der Waals surface area contributed by atoms with E-state index in [0.29, 0.717) is 43.9 Å². The minimum Gasteiger partial charge on any atom is -0.360 e. The molecule has 1 N–H and O–H groups in total. The molecule has 0 atom stereocenters. The second-order valence-electron chi connectivity index (χ2n) is 8.79. The molecule has 3 aromatic rings. The summed E-state index contributed by atoms with van der Waals surface area (Å²) in [5, 5.41) is 6.86. The molecule has 1 saturated heterocycles. The van der Waals surface area contributed by atoms with E-state index in [2.05, 4.69) is 34.7 Å². The standard InChI is InChI=1S/C26H31N3O4S/c1-19-25(20(2)33-28-19)34(31,32)29-17-14-23(15-18-29)26(30)27-16-13-24(21-9-5-3-6-10-21)22-11-7-4-8-12-22/h3-12,23-24H,13-18H2,1-2H3,(H,27,30). The van der Waals surface area contributed by atoms with Crippen LogP contribution in [0.4, 0.5) is 0 Å². The third-order valence-electron chi connectivity index (χ3n) is 6.53. The number of hydrogen-bond acceptors (Lipinski definition) is 5. The average Bonchev–Trinajstić information content (AvgIpc) is 3.21. The first kappa shape index (κ1) is 24.2. The molecule has 1 aliphatic heterocycles. The minimum atomic E-state index is -3.67. The zero-order chi connectivity index (χ0) is 24.1. The van der Waals surface area contributed by atoms with E-state index in [-0.39, 0.29) is 22.6 Å². The fourth-order valence-electron chi connectivity index (χ4n) is 4.71. The Morgan fingerprint density at radius 3 is 2.09 bits per heavy atom. The van der Waals surface area contributed by atoms with Crippen LogP contribution in [0, 0.1) is 19.8 Å². The van der Waals surface area contributed by atoms with Crippen molar-refractivity contribution in [2.24, 2.45) is 5.92 Å². The Hall–Kier alpha value is -2.97. The van der Waals surface area contributed by atoms with Gasteiger partial charge in [-0.2, -0.15) is 4.31 Å². The molecular weight excluding hydrogens is 450 g/mol. The van der Waals surface area contributed by atoms with Gasteiger partial charge in [0.15, 0.2) is 5.76 Å². The van der Waals surface area contributed by atoms with Gasteiger partial charge in [0.2, 0.25) is 15.9 Å². The van der Waals surface area contributed by atoms with E-state index < -0.39 is 10.0 Å². The Kier molecular flexibility index (Phi) is 7.48. The predicted octanol–water partition coefficient (Wildman–Crippen LogP) is 4.03. The first-order chi connectivity index (χ1) is 16.4. The van der Waals surface area contributed by atoms with Gasteiger partial charge in [-0.25, -0.2) is 8.42 Å². The molecule has 4 rings (SSSR count). The van der Waals surface area contributed by atoms with Crippen LogP contribution < -0.4 is 5.32 Å². The molecular formula is C26H31N3O4S. The van der Waals surface area contributed by atoms with Gasteiger partial charge in [0.1, 0.15) is 10.6 Å². The molecule has 1 aliphatic rings. The molecule has 180 valence electrons. The molecule has 2 heterocycles. The number of piperidine rings is 1. The molecule has 0 unspecified atom stereocenters. The Bertz CT molecular complexity index is 1140. The van der Waals surface area contributed by atoms with Crippen LogP contribution in [0.5, 0.6) is 0 Å². The van der Waals surface area contributed by atoms with Crippen LogP contribution in [0.1, 0.15) is 47.8 Å². The number of carbonyl (C=O) groups is 1. The summed E-state index contributed by atoms with van der Waals surface area (Å²) in [5.74, 6) is 0.297. The molecule has 8 heteroatoms. The summed E-state index contributed by atoms with van der Waals surface area (Å²) in [4.78, 5) is 13.0. The summed E-state index contributed by atoms with van der Waals surface area (Å²) in [7, 11) is -3.67. The second kappa shape index (κ2) is 10.5. The van der Waals surface area contributed by atoms with Crippen LogP contribution in [0.2, 0.25) is 0 Å². The Morgan fingerprint density at radius 1 is 1.03 bits per heavy atom. The van der Waals surface area contributed by atoms with Crippen LogP contribution in [-0.2, 0) is 14.8 Å². The van der Waals surface area contributed by atoms with E-state index in [9.17, 15) is 13.2 Å². The number of benzene rings is 2. The fraction of sp³-hybridized carbons (Fsp3) is 0.385. The molecule has 0 saturated carbocycles. The first-order valence-electron chi connectivity index (χ1n) is 11.7. The third-order valence-corrected chi connectivity index (χ3v) is 8.67. The zero-order valence-electron chi connectivity index (χ0n) is 19.6. The van der Waals surface area contributed by atoms with Crippen molar-refractivity contribution < 1.29 is 17.7 Å². The maximum atomic E-state index is 13.0. The van der Waals surface area contributed by atoms with Crippen molar-refractivity contribution >= 4 is 15.9 Å². The second-order valence-corrected chi connectivity index (χ2v) is 10.7. The summed E-state index contributed by atoms with van der Waals surface area (Å²) in [6, 6.07) is 20.6. The van der Waals surface area contributed by atoms with Crippen molar-refractivity contribution in [2.45, 2.75) is 43.9 Å². The average molecular weight is 482 g/mol. The smallest absolute Gasteiger partial charge is 0.248 e. The quantitative estimate of drug-likeness (QED) is 0.524. The molecule has 1 fully saturated rings. The number of aryl methyl sites for hydroxylation is 2. The summed E-state index contributed by atoms with van der Waals surface area (Å²) < 4.78 is 32.5. The lowest BCUT2D eigenvalue weighted by Crippen LogP contribution is -2.43. The van der Waals surface area contributed by atoms with E-state index in [1.54, 1.807) is 13.8 Å². The Morgan fingerprint density at radius 2 is 1.59 bits per heavy atom. The van der Waals surface area contributed by atoms with Gasteiger partial charge in [-0.15, -0.1) is 0 Å². The van der Waals surface area contributed by atoms with Gasteiger partial charge in [-0.05, 0) is 44.2 Å². The van der Waals surface area contributed by atoms with E-state index in [0.717, 1.165) is 6.42 Å². The lowest BCUT2D eigenvalue weighted by molar-refractivity contribution is -0.126. The van der Waals surface area contributed by atoms with Crippen LogP contribution in [0.15, 0.2) is 70.1 Å². The molecule has 7 nitrogen and oxygen atoms in total. The number of aromatic nitrogens is 1. The van der Waals surface area contributed by atoms with Gasteiger partial charge in [-0.1, -0.05) is 65.8 Å². The van der Waals surface area contributed by atoms with Crippen LogP contribution in [-0.4, -0.2) is 43.4 Å². The highest BCUT2D eigenvalue weighted by Crippen LogP contribution is 2.29. The van der Waals surface area contributed by atoms with Crippen molar-refractivity contribution in [1.82, 2.24) is 14.8 Å². The van der Waals surface area contributed by atoms with Crippen molar-refractivity contribution in [3.8, 4) is 0 Å².